The summed E-state index contributed by atoms with van der Waals surface area (Å²) in [4.78, 5) is 0. The van der Waals surface area contributed by atoms with Gasteiger partial charge in [-0.15, -0.1) is 5.10 Å². The number of rotatable bonds is 3. The van der Waals surface area contributed by atoms with Gasteiger partial charge >= 0.3 is 0 Å². The third kappa shape index (κ3) is 2.38. The first kappa shape index (κ1) is 13.3. The maximum Gasteiger partial charge on any atom is 0.190 e. The molecular formula is C16H11FN6. The van der Waals surface area contributed by atoms with Gasteiger partial charge < -0.3 is 0 Å². The van der Waals surface area contributed by atoms with Gasteiger partial charge in [0.05, 0.1) is 23.1 Å². The molecular weight excluding hydrogens is 295 g/mol. The Bertz CT molecular complexity index is 927. The lowest BCUT2D eigenvalue weighted by molar-refractivity contribution is 0.628. The van der Waals surface area contributed by atoms with E-state index >= 15 is 0 Å². The maximum atomic E-state index is 13.1. The predicted molar refractivity (Wildman–Crippen MR) is 82.1 cm³/mol. The summed E-state index contributed by atoms with van der Waals surface area (Å²) in [6.07, 6.45) is 1.66. The van der Waals surface area contributed by atoms with Crippen molar-refractivity contribution in [3.8, 4) is 28.3 Å². The third-order valence-corrected chi connectivity index (χ3v) is 3.48. The molecule has 0 spiro atoms. The molecule has 0 radical (unpaired) electrons. The average Bonchev–Trinajstić information content (AvgIpc) is 3.25. The summed E-state index contributed by atoms with van der Waals surface area (Å²) in [5, 5.41) is 18.9. The topological polar surface area (TPSA) is 72.3 Å². The molecule has 2 heterocycles. The van der Waals surface area contributed by atoms with E-state index in [1.54, 1.807) is 23.0 Å². The average molecular weight is 306 g/mol. The summed E-state index contributed by atoms with van der Waals surface area (Å²) in [7, 11) is 0. The van der Waals surface area contributed by atoms with Gasteiger partial charge in [-0.3, -0.25) is 5.10 Å². The minimum atomic E-state index is -0.288. The van der Waals surface area contributed by atoms with Crippen molar-refractivity contribution in [3.05, 3.63) is 66.6 Å². The van der Waals surface area contributed by atoms with Crippen molar-refractivity contribution in [2.24, 2.45) is 0 Å². The molecule has 0 aliphatic heterocycles. The Balaban J connectivity index is 1.84. The van der Waals surface area contributed by atoms with E-state index in [1.807, 2.05) is 30.3 Å². The Morgan fingerprint density at radius 2 is 1.74 bits per heavy atom. The zero-order valence-corrected chi connectivity index (χ0v) is 11.9. The third-order valence-electron chi connectivity index (χ3n) is 3.48. The Morgan fingerprint density at radius 3 is 2.52 bits per heavy atom. The molecule has 0 atom stereocenters. The number of aromatic amines is 1. The Labute approximate surface area is 130 Å². The zero-order chi connectivity index (χ0) is 15.6. The summed E-state index contributed by atoms with van der Waals surface area (Å²) in [5.74, 6) is 0.271. The first-order valence-corrected chi connectivity index (χ1v) is 6.96. The zero-order valence-electron chi connectivity index (χ0n) is 11.9. The van der Waals surface area contributed by atoms with Crippen LogP contribution < -0.4 is 0 Å². The molecule has 1 N–H and O–H groups in total. The minimum absolute atomic E-state index is 0.288. The quantitative estimate of drug-likeness (QED) is 0.631. The Kier molecular flexibility index (Phi) is 3.16. The molecule has 0 bridgehead atoms. The van der Waals surface area contributed by atoms with Gasteiger partial charge in [0.1, 0.15) is 5.82 Å². The molecule has 0 amide bonds. The van der Waals surface area contributed by atoms with Crippen molar-refractivity contribution < 1.29 is 4.39 Å². The number of para-hydroxylation sites is 1. The molecule has 0 aliphatic rings. The lowest BCUT2D eigenvalue weighted by Gasteiger charge is -2.05. The molecule has 0 saturated carbocycles. The van der Waals surface area contributed by atoms with E-state index in [2.05, 4.69) is 25.7 Å². The van der Waals surface area contributed by atoms with Gasteiger partial charge in [0.25, 0.3) is 0 Å². The summed E-state index contributed by atoms with van der Waals surface area (Å²) < 4.78 is 14.8. The van der Waals surface area contributed by atoms with Gasteiger partial charge in [-0.05, 0) is 46.8 Å². The minimum Gasteiger partial charge on any atom is -0.277 e. The van der Waals surface area contributed by atoms with Crippen LogP contribution in [0, 0.1) is 5.82 Å². The fourth-order valence-corrected chi connectivity index (χ4v) is 2.39. The molecule has 4 rings (SSSR count). The second-order valence-electron chi connectivity index (χ2n) is 4.92. The van der Waals surface area contributed by atoms with Gasteiger partial charge in [0.2, 0.25) is 0 Å². The highest BCUT2D eigenvalue weighted by Gasteiger charge is 2.17. The van der Waals surface area contributed by atoms with Gasteiger partial charge in [0.15, 0.2) is 5.82 Å². The monoisotopic (exact) mass is 306 g/mol. The van der Waals surface area contributed by atoms with Crippen LogP contribution >= 0.6 is 0 Å². The highest BCUT2D eigenvalue weighted by molar-refractivity contribution is 5.77. The number of H-pyrrole nitrogens is 1. The van der Waals surface area contributed by atoms with Crippen LogP contribution in [0.25, 0.3) is 28.3 Å². The molecule has 6 nitrogen and oxygen atoms in total. The van der Waals surface area contributed by atoms with Crippen molar-refractivity contribution in [3.63, 3.8) is 0 Å². The van der Waals surface area contributed by atoms with E-state index < -0.39 is 0 Å². The first-order chi connectivity index (χ1) is 11.3. The highest BCUT2D eigenvalue weighted by atomic mass is 19.1. The van der Waals surface area contributed by atoms with Crippen LogP contribution in [0.2, 0.25) is 0 Å². The number of hydrogen-bond acceptors (Lipinski definition) is 4. The van der Waals surface area contributed by atoms with E-state index in [0.717, 1.165) is 22.5 Å². The SMILES string of the molecule is Fc1ccc(-c2[nH]ncc2-c2nnnn2-c2ccccc2)cc1. The lowest BCUT2D eigenvalue weighted by Crippen LogP contribution is -1.99. The summed E-state index contributed by atoms with van der Waals surface area (Å²) in [5.41, 5.74) is 3.13. The molecule has 0 unspecified atom stereocenters. The molecule has 0 aliphatic carbocycles. The van der Waals surface area contributed by atoms with Gasteiger partial charge in [-0.2, -0.15) is 9.78 Å². The Hall–Kier alpha value is -3.35. The highest BCUT2D eigenvalue weighted by Crippen LogP contribution is 2.29. The maximum absolute atomic E-state index is 13.1. The van der Waals surface area contributed by atoms with Gasteiger partial charge in [-0.1, -0.05) is 18.2 Å². The number of tetrazole rings is 1. The van der Waals surface area contributed by atoms with Crippen molar-refractivity contribution in [2.75, 3.05) is 0 Å². The van der Waals surface area contributed by atoms with E-state index in [9.17, 15) is 4.39 Å². The molecule has 2 aromatic carbocycles. The summed E-state index contributed by atoms with van der Waals surface area (Å²) in [6, 6.07) is 15.8. The first-order valence-electron chi connectivity index (χ1n) is 6.96. The molecule has 0 fully saturated rings. The summed E-state index contributed by atoms with van der Waals surface area (Å²) >= 11 is 0. The lowest BCUT2D eigenvalue weighted by atomic mass is 10.1. The van der Waals surface area contributed by atoms with Crippen LogP contribution in [0.5, 0.6) is 0 Å². The van der Waals surface area contributed by atoms with E-state index in [0.29, 0.717) is 5.82 Å². The number of halogens is 1. The van der Waals surface area contributed by atoms with Crippen LogP contribution in [-0.4, -0.2) is 30.4 Å². The molecule has 112 valence electrons. The largest absolute Gasteiger partial charge is 0.277 e. The normalized spacial score (nSPS) is 10.8. The van der Waals surface area contributed by atoms with Crippen molar-refractivity contribution in [2.45, 2.75) is 0 Å². The fraction of sp³-hybridized carbons (Fsp3) is 0. The van der Waals surface area contributed by atoms with Crippen LogP contribution in [-0.2, 0) is 0 Å². The molecule has 7 heteroatoms. The van der Waals surface area contributed by atoms with Gasteiger partial charge in [0, 0.05) is 5.56 Å². The number of hydrogen-bond donors (Lipinski definition) is 1. The smallest absolute Gasteiger partial charge is 0.190 e. The van der Waals surface area contributed by atoms with Crippen LogP contribution in [0.3, 0.4) is 0 Å². The second kappa shape index (κ2) is 5.45. The molecule has 2 aromatic heterocycles. The van der Waals surface area contributed by atoms with Crippen LogP contribution in [0.1, 0.15) is 0 Å². The predicted octanol–water partition coefficient (Wildman–Crippen LogP) is 2.86. The van der Waals surface area contributed by atoms with E-state index in [-0.39, 0.29) is 5.82 Å². The molecule has 0 saturated heterocycles. The number of benzene rings is 2. The number of aromatic nitrogens is 6. The molecule has 23 heavy (non-hydrogen) atoms. The van der Waals surface area contributed by atoms with Crippen LogP contribution in [0.4, 0.5) is 4.39 Å². The summed E-state index contributed by atoms with van der Waals surface area (Å²) in [6.45, 7) is 0. The van der Waals surface area contributed by atoms with Crippen molar-refractivity contribution in [1.82, 2.24) is 30.4 Å². The second-order valence-corrected chi connectivity index (χ2v) is 4.92. The fourth-order valence-electron chi connectivity index (χ4n) is 2.39. The van der Waals surface area contributed by atoms with E-state index in [1.165, 1.54) is 12.1 Å². The number of nitrogens with one attached hydrogen (secondary N) is 1. The van der Waals surface area contributed by atoms with E-state index in [4.69, 9.17) is 0 Å². The van der Waals surface area contributed by atoms with Crippen LogP contribution in [0.15, 0.2) is 60.8 Å². The Morgan fingerprint density at radius 1 is 0.957 bits per heavy atom. The molecule has 4 aromatic rings. The standard InChI is InChI=1S/C16H11FN6/c17-12-8-6-11(7-9-12)15-14(10-18-19-15)16-20-21-22-23(16)13-4-2-1-3-5-13/h1-10H,(H,18,19). The van der Waals surface area contributed by atoms with Crippen molar-refractivity contribution >= 4 is 0 Å². The number of nitrogens with zero attached hydrogens (tertiary/aromatic N) is 5. The van der Waals surface area contributed by atoms with Crippen molar-refractivity contribution in [1.29, 1.82) is 0 Å². The van der Waals surface area contributed by atoms with Gasteiger partial charge in [-0.25, -0.2) is 4.39 Å².